The molecule has 2 rings (SSSR count). The summed E-state index contributed by atoms with van der Waals surface area (Å²) < 4.78 is 1.87. The number of aromatic nitrogens is 3. The number of fused-ring (bicyclic) bond motifs is 1. The van der Waals surface area contributed by atoms with Gasteiger partial charge in [-0.15, -0.1) is 0 Å². The third-order valence-corrected chi connectivity index (χ3v) is 3.75. The molecule has 0 atom stereocenters. The molecule has 104 valence electrons. The molecule has 4 nitrogen and oxygen atoms in total. The fourth-order valence-corrected chi connectivity index (χ4v) is 2.65. The lowest BCUT2D eigenvalue weighted by molar-refractivity contribution is 0.304. The van der Waals surface area contributed by atoms with Gasteiger partial charge in [0.1, 0.15) is 12.1 Å². The number of hydrogen-bond donors (Lipinski definition) is 1. The zero-order chi connectivity index (χ0) is 14.0. The van der Waals surface area contributed by atoms with Crippen LogP contribution in [0.5, 0.6) is 0 Å². The molecule has 0 unspecified atom stereocenters. The van der Waals surface area contributed by atoms with Crippen LogP contribution in [0.4, 0.5) is 5.82 Å². The molecule has 0 aliphatic heterocycles. The lowest BCUT2D eigenvalue weighted by Gasteiger charge is -2.25. The van der Waals surface area contributed by atoms with Gasteiger partial charge >= 0.3 is 0 Å². The Kier molecular flexibility index (Phi) is 4.08. The first-order valence-corrected chi connectivity index (χ1v) is 7.03. The first-order valence-electron chi connectivity index (χ1n) is 7.03. The van der Waals surface area contributed by atoms with Crippen molar-refractivity contribution in [3.63, 3.8) is 0 Å². The lowest BCUT2D eigenvalue weighted by Crippen LogP contribution is -2.25. The molecule has 0 bridgehead atoms. The second-order valence-corrected chi connectivity index (χ2v) is 5.98. The number of rotatable bonds is 5. The summed E-state index contributed by atoms with van der Waals surface area (Å²) in [7, 11) is 0. The lowest BCUT2D eigenvalue weighted by atomic mass is 9.85. The maximum Gasteiger partial charge on any atom is 0.157 e. The fourth-order valence-electron chi connectivity index (χ4n) is 2.65. The van der Waals surface area contributed by atoms with Crippen LogP contribution < -0.4 is 5.32 Å². The minimum Gasteiger partial charge on any atom is -0.370 e. The van der Waals surface area contributed by atoms with Crippen LogP contribution in [0.15, 0.2) is 18.5 Å². The van der Waals surface area contributed by atoms with Gasteiger partial charge in [-0.3, -0.25) is 0 Å². The highest BCUT2D eigenvalue weighted by Gasteiger charge is 2.17. The van der Waals surface area contributed by atoms with Crippen molar-refractivity contribution in [1.82, 2.24) is 14.6 Å². The molecule has 0 aliphatic carbocycles. The molecule has 0 amide bonds. The molecule has 2 heterocycles. The Morgan fingerprint density at radius 1 is 1.16 bits per heavy atom. The Balaban J connectivity index is 2.19. The van der Waals surface area contributed by atoms with Crippen molar-refractivity contribution >= 4 is 11.5 Å². The Labute approximate surface area is 115 Å². The predicted octanol–water partition coefficient (Wildman–Crippen LogP) is 3.38. The molecule has 0 spiro atoms. The largest absolute Gasteiger partial charge is 0.370 e. The molecule has 4 heteroatoms. The van der Waals surface area contributed by atoms with Crippen LogP contribution in [-0.4, -0.2) is 21.1 Å². The molecule has 19 heavy (non-hydrogen) atoms. The van der Waals surface area contributed by atoms with Crippen LogP contribution in [0.1, 0.15) is 33.3 Å². The van der Waals surface area contributed by atoms with Gasteiger partial charge in [0.15, 0.2) is 5.65 Å². The van der Waals surface area contributed by atoms with Gasteiger partial charge in [-0.05, 0) is 42.4 Å². The zero-order valence-corrected chi connectivity index (χ0v) is 12.5. The van der Waals surface area contributed by atoms with Crippen molar-refractivity contribution in [1.29, 1.82) is 0 Å². The maximum atomic E-state index is 4.27. The van der Waals surface area contributed by atoms with E-state index in [1.165, 1.54) is 5.56 Å². The normalized spacial score (nSPS) is 12.0. The van der Waals surface area contributed by atoms with Crippen molar-refractivity contribution in [3.8, 4) is 0 Å². The minimum atomic E-state index is 0.652. The zero-order valence-electron chi connectivity index (χ0n) is 12.5. The molecule has 0 aromatic carbocycles. The van der Waals surface area contributed by atoms with Gasteiger partial charge in [0.2, 0.25) is 0 Å². The van der Waals surface area contributed by atoms with Gasteiger partial charge in [-0.25, -0.2) is 4.98 Å². The quantitative estimate of drug-likeness (QED) is 0.896. The Morgan fingerprint density at radius 2 is 1.84 bits per heavy atom. The van der Waals surface area contributed by atoms with E-state index in [1.807, 2.05) is 10.6 Å². The third kappa shape index (κ3) is 3.06. The van der Waals surface area contributed by atoms with Gasteiger partial charge in [-0.1, -0.05) is 27.7 Å². The third-order valence-electron chi connectivity index (χ3n) is 3.75. The number of anilines is 1. The Morgan fingerprint density at radius 3 is 2.47 bits per heavy atom. The van der Waals surface area contributed by atoms with Gasteiger partial charge in [0, 0.05) is 6.54 Å². The van der Waals surface area contributed by atoms with E-state index in [-0.39, 0.29) is 0 Å². The second-order valence-electron chi connectivity index (χ2n) is 5.98. The van der Waals surface area contributed by atoms with Crippen LogP contribution in [0.3, 0.4) is 0 Å². The second kappa shape index (κ2) is 5.59. The Hall–Kier alpha value is -1.58. The maximum absolute atomic E-state index is 4.27. The highest BCUT2D eigenvalue weighted by Crippen LogP contribution is 2.22. The van der Waals surface area contributed by atoms with Crippen molar-refractivity contribution < 1.29 is 0 Å². The molecule has 0 saturated heterocycles. The number of nitrogens with zero attached hydrogens (tertiary/aromatic N) is 3. The summed E-state index contributed by atoms with van der Waals surface area (Å²) in [6, 6.07) is 4.17. The molecule has 0 aliphatic rings. The fraction of sp³-hybridized carbons (Fsp3) is 0.600. The molecule has 2 aromatic heterocycles. The topological polar surface area (TPSA) is 42.2 Å². The van der Waals surface area contributed by atoms with E-state index in [4.69, 9.17) is 0 Å². The van der Waals surface area contributed by atoms with E-state index in [9.17, 15) is 0 Å². The average molecular weight is 260 g/mol. The number of hydrogen-bond acceptors (Lipinski definition) is 3. The first-order chi connectivity index (χ1) is 8.99. The molecule has 1 N–H and O–H groups in total. The minimum absolute atomic E-state index is 0.652. The van der Waals surface area contributed by atoms with Crippen LogP contribution in [0, 0.1) is 24.7 Å². The van der Waals surface area contributed by atoms with E-state index < -0.39 is 0 Å². The number of pyridine rings is 1. The van der Waals surface area contributed by atoms with Gasteiger partial charge in [0.25, 0.3) is 0 Å². The van der Waals surface area contributed by atoms with Crippen molar-refractivity contribution in [3.05, 3.63) is 24.0 Å². The van der Waals surface area contributed by atoms with Crippen molar-refractivity contribution in [2.75, 3.05) is 11.9 Å². The van der Waals surface area contributed by atoms with Crippen LogP contribution in [0.25, 0.3) is 5.65 Å². The van der Waals surface area contributed by atoms with Gasteiger partial charge in [-0.2, -0.15) is 9.61 Å². The average Bonchev–Trinajstić information content (AvgIpc) is 2.75. The van der Waals surface area contributed by atoms with E-state index in [0.29, 0.717) is 17.8 Å². The SMILES string of the molecule is Cc1cc(NCC(C(C)C)C(C)C)n2ncnc2c1. The Bertz CT molecular complexity index is 534. The highest BCUT2D eigenvalue weighted by molar-refractivity contribution is 5.51. The van der Waals surface area contributed by atoms with Crippen molar-refractivity contribution in [2.24, 2.45) is 17.8 Å². The molecule has 0 fully saturated rings. The molecular formula is C15H24N4. The molecular weight excluding hydrogens is 236 g/mol. The summed E-state index contributed by atoms with van der Waals surface area (Å²) in [6.45, 7) is 12.2. The predicted molar refractivity (Wildman–Crippen MR) is 79.4 cm³/mol. The molecule has 2 aromatic rings. The summed E-state index contributed by atoms with van der Waals surface area (Å²) in [5.41, 5.74) is 2.10. The van der Waals surface area contributed by atoms with E-state index in [0.717, 1.165) is 18.0 Å². The van der Waals surface area contributed by atoms with Crippen LogP contribution >= 0.6 is 0 Å². The van der Waals surface area contributed by atoms with Crippen LogP contribution in [-0.2, 0) is 0 Å². The van der Waals surface area contributed by atoms with Gasteiger partial charge in [0.05, 0.1) is 0 Å². The summed E-state index contributed by atoms with van der Waals surface area (Å²) in [5.74, 6) is 3.02. The standard InChI is InChI=1S/C15H24N4/c1-10(2)13(11(3)4)8-16-14-6-12(5)7-15-17-9-18-19(14)15/h6-7,9-11,13,16H,8H2,1-5H3. The summed E-state index contributed by atoms with van der Waals surface area (Å²) in [5, 5.41) is 7.81. The smallest absolute Gasteiger partial charge is 0.157 e. The molecule has 0 radical (unpaired) electrons. The van der Waals surface area contributed by atoms with E-state index >= 15 is 0 Å². The summed E-state index contributed by atoms with van der Waals surface area (Å²) in [4.78, 5) is 4.25. The summed E-state index contributed by atoms with van der Waals surface area (Å²) >= 11 is 0. The van der Waals surface area contributed by atoms with Crippen LogP contribution in [0.2, 0.25) is 0 Å². The van der Waals surface area contributed by atoms with E-state index in [2.05, 4.69) is 56.1 Å². The monoisotopic (exact) mass is 260 g/mol. The first kappa shape index (κ1) is 13.8. The number of nitrogens with one attached hydrogen (secondary N) is 1. The highest BCUT2D eigenvalue weighted by atomic mass is 15.3. The van der Waals surface area contributed by atoms with Crippen molar-refractivity contribution in [2.45, 2.75) is 34.6 Å². The van der Waals surface area contributed by atoms with E-state index in [1.54, 1.807) is 6.33 Å². The number of aryl methyl sites for hydroxylation is 1. The van der Waals surface area contributed by atoms with Gasteiger partial charge < -0.3 is 5.32 Å². The molecule has 0 saturated carbocycles. The summed E-state index contributed by atoms with van der Waals surface area (Å²) in [6.07, 6.45) is 1.60.